The fourth-order valence-electron chi connectivity index (χ4n) is 3.99. The van der Waals surface area contributed by atoms with Crippen molar-refractivity contribution in [3.05, 3.63) is 64.7 Å². The van der Waals surface area contributed by atoms with Crippen molar-refractivity contribution in [2.24, 2.45) is 0 Å². The first-order valence-electron chi connectivity index (χ1n) is 10.6. The van der Waals surface area contributed by atoms with Crippen LogP contribution < -0.4 is 10.3 Å². The Hall–Kier alpha value is -3.40. The third-order valence-corrected chi connectivity index (χ3v) is 6.65. The molecule has 3 heterocycles. The number of benzene rings is 2. The minimum absolute atomic E-state index is 0.0361. The number of halogens is 2. The highest BCUT2D eigenvalue weighted by Gasteiger charge is 2.25. The van der Waals surface area contributed by atoms with Crippen molar-refractivity contribution in [2.45, 2.75) is 31.9 Å². The third-order valence-electron chi connectivity index (χ3n) is 5.75. The van der Waals surface area contributed by atoms with E-state index in [0.29, 0.717) is 46.7 Å². The highest BCUT2D eigenvalue weighted by atomic mass is 32.1. The molecule has 2 aromatic heterocycles. The van der Waals surface area contributed by atoms with Gasteiger partial charge in [-0.05, 0) is 18.2 Å². The van der Waals surface area contributed by atoms with Crippen molar-refractivity contribution in [2.75, 3.05) is 13.1 Å². The number of carbonyl (C=O) groups excluding carboxylic acids is 1. The van der Waals surface area contributed by atoms with E-state index >= 15 is 0 Å². The van der Waals surface area contributed by atoms with E-state index in [1.807, 2.05) is 6.07 Å². The van der Waals surface area contributed by atoms with Crippen LogP contribution >= 0.6 is 11.3 Å². The minimum atomic E-state index is -0.711. The Morgan fingerprint density at radius 2 is 1.97 bits per heavy atom. The first-order valence-corrected chi connectivity index (χ1v) is 11.4. The van der Waals surface area contributed by atoms with E-state index in [0.717, 1.165) is 17.4 Å². The van der Waals surface area contributed by atoms with E-state index in [2.05, 4.69) is 9.97 Å². The maximum absolute atomic E-state index is 13.9. The molecule has 7 nitrogen and oxygen atoms in total. The molecule has 0 radical (unpaired) electrons. The van der Waals surface area contributed by atoms with Crippen molar-refractivity contribution >= 4 is 38.4 Å². The van der Waals surface area contributed by atoms with E-state index < -0.39 is 11.6 Å². The van der Waals surface area contributed by atoms with Crippen LogP contribution in [0.15, 0.2) is 47.5 Å². The summed E-state index contributed by atoms with van der Waals surface area (Å²) in [7, 11) is 0. The molecule has 1 saturated heterocycles. The smallest absolute Gasteiger partial charge is 0.274 e. The molecule has 1 aliphatic rings. The Morgan fingerprint density at radius 1 is 1.18 bits per heavy atom. The Balaban J connectivity index is 1.16. The average molecular weight is 471 g/mol. The van der Waals surface area contributed by atoms with Crippen molar-refractivity contribution in [1.82, 2.24) is 19.4 Å². The van der Waals surface area contributed by atoms with E-state index in [1.165, 1.54) is 17.0 Å². The first-order chi connectivity index (χ1) is 16.0. The van der Waals surface area contributed by atoms with Gasteiger partial charge in [-0.3, -0.25) is 14.2 Å². The van der Waals surface area contributed by atoms with Crippen LogP contribution in [-0.4, -0.2) is 44.5 Å². The van der Waals surface area contributed by atoms with Gasteiger partial charge in [-0.2, -0.15) is 4.98 Å². The Morgan fingerprint density at radius 3 is 2.79 bits per heavy atom. The number of nitrogens with zero attached hydrogens (tertiary/aromatic N) is 4. The number of fused-ring (bicyclic) bond motifs is 2. The number of amides is 1. The normalized spacial score (nSPS) is 14.8. The highest BCUT2D eigenvalue weighted by Crippen LogP contribution is 2.32. The zero-order valence-electron chi connectivity index (χ0n) is 17.5. The second-order valence-corrected chi connectivity index (χ2v) is 8.92. The molecule has 10 heteroatoms. The largest absolute Gasteiger partial charge is 0.467 e. The van der Waals surface area contributed by atoms with Gasteiger partial charge in [0.15, 0.2) is 5.82 Å². The van der Waals surface area contributed by atoms with Gasteiger partial charge in [0.25, 0.3) is 10.8 Å². The molecule has 170 valence electrons. The summed E-state index contributed by atoms with van der Waals surface area (Å²) < 4.78 is 35.0. The van der Waals surface area contributed by atoms with E-state index in [9.17, 15) is 18.4 Å². The topological polar surface area (TPSA) is 77.3 Å². The Labute approximate surface area is 191 Å². The van der Waals surface area contributed by atoms with Crippen LogP contribution in [0.5, 0.6) is 5.19 Å². The number of thiazole rings is 1. The lowest BCUT2D eigenvalue weighted by Gasteiger charge is -2.31. The average Bonchev–Trinajstić information content (AvgIpc) is 3.21. The fourth-order valence-corrected chi connectivity index (χ4v) is 4.91. The quantitative estimate of drug-likeness (QED) is 0.444. The van der Waals surface area contributed by atoms with Crippen molar-refractivity contribution in [1.29, 1.82) is 0 Å². The lowest BCUT2D eigenvalue weighted by atomic mass is 10.1. The molecule has 1 fully saturated rings. The van der Waals surface area contributed by atoms with Crippen molar-refractivity contribution < 1.29 is 18.3 Å². The minimum Gasteiger partial charge on any atom is -0.467 e. The SMILES string of the molecule is O=C(CCn1cnc2ccccc2c1=O)N1CCC(Oc2nc3c(F)cc(F)cc3s2)CC1. The molecule has 0 atom stereocenters. The van der Waals surface area contributed by atoms with Gasteiger partial charge in [-0.25, -0.2) is 13.8 Å². The highest BCUT2D eigenvalue weighted by molar-refractivity contribution is 7.20. The summed E-state index contributed by atoms with van der Waals surface area (Å²) in [5, 5.41) is 0.824. The number of rotatable bonds is 5. The molecule has 0 N–H and O–H groups in total. The zero-order chi connectivity index (χ0) is 22.9. The zero-order valence-corrected chi connectivity index (χ0v) is 18.4. The molecular weight excluding hydrogens is 450 g/mol. The summed E-state index contributed by atoms with van der Waals surface area (Å²) >= 11 is 1.10. The first kappa shape index (κ1) is 21.4. The van der Waals surface area contributed by atoms with Gasteiger partial charge in [0.05, 0.1) is 21.9 Å². The summed E-state index contributed by atoms with van der Waals surface area (Å²) in [5.74, 6) is -1.40. The van der Waals surface area contributed by atoms with E-state index in [1.54, 1.807) is 23.1 Å². The van der Waals surface area contributed by atoms with Crippen LogP contribution in [0.2, 0.25) is 0 Å². The van der Waals surface area contributed by atoms with Gasteiger partial charge in [0.1, 0.15) is 17.4 Å². The van der Waals surface area contributed by atoms with Crippen LogP contribution in [-0.2, 0) is 11.3 Å². The second-order valence-electron chi connectivity index (χ2n) is 7.92. The van der Waals surface area contributed by atoms with Crippen molar-refractivity contribution in [3.63, 3.8) is 0 Å². The molecule has 33 heavy (non-hydrogen) atoms. The maximum Gasteiger partial charge on any atom is 0.274 e. The Bertz CT molecular complexity index is 1400. The number of aromatic nitrogens is 3. The standard InChI is InChI=1S/C23H20F2N4O3S/c24-14-11-17(25)21-19(12-14)33-23(27-21)32-15-5-8-28(9-6-15)20(30)7-10-29-13-26-18-4-2-1-3-16(18)22(29)31/h1-4,11-13,15H,5-10H2. The van der Waals surface area contributed by atoms with E-state index in [4.69, 9.17) is 4.74 Å². The molecule has 0 aliphatic carbocycles. The molecule has 1 aliphatic heterocycles. The predicted molar refractivity (Wildman–Crippen MR) is 120 cm³/mol. The maximum atomic E-state index is 13.9. The molecule has 0 saturated carbocycles. The van der Waals surface area contributed by atoms with Gasteiger partial charge in [0.2, 0.25) is 5.91 Å². The van der Waals surface area contributed by atoms with Gasteiger partial charge >= 0.3 is 0 Å². The van der Waals surface area contributed by atoms with E-state index in [-0.39, 0.29) is 36.1 Å². The molecule has 1 amide bonds. The van der Waals surface area contributed by atoms with Gasteiger partial charge < -0.3 is 9.64 Å². The lowest BCUT2D eigenvalue weighted by molar-refractivity contribution is -0.133. The van der Waals surface area contributed by atoms with Gasteiger partial charge in [-0.15, -0.1) is 0 Å². The molecule has 0 unspecified atom stereocenters. The predicted octanol–water partition coefficient (Wildman–Crippen LogP) is 3.74. The van der Waals surface area contributed by atoms with Crippen LogP contribution in [0.1, 0.15) is 19.3 Å². The van der Waals surface area contributed by atoms with Crippen LogP contribution in [0.4, 0.5) is 8.78 Å². The number of para-hydroxylation sites is 1. The molecule has 4 aromatic rings. The van der Waals surface area contributed by atoms with Gasteiger partial charge in [-0.1, -0.05) is 23.5 Å². The fraction of sp³-hybridized carbons (Fsp3) is 0.304. The molecule has 0 bridgehead atoms. The summed E-state index contributed by atoms with van der Waals surface area (Å²) in [4.78, 5) is 35.4. The van der Waals surface area contributed by atoms with Crippen LogP contribution in [0.3, 0.4) is 0 Å². The number of hydrogen-bond donors (Lipinski definition) is 0. The number of likely N-dealkylation sites (tertiary alicyclic amines) is 1. The Kier molecular flexibility index (Phi) is 5.76. The number of carbonyl (C=O) groups is 1. The molecule has 2 aromatic carbocycles. The molecule has 0 spiro atoms. The number of aryl methyl sites for hydroxylation is 1. The number of hydrogen-bond acceptors (Lipinski definition) is 6. The number of piperidine rings is 1. The van der Waals surface area contributed by atoms with Crippen LogP contribution in [0.25, 0.3) is 21.1 Å². The van der Waals surface area contributed by atoms with Crippen LogP contribution in [0, 0.1) is 11.6 Å². The summed E-state index contributed by atoms with van der Waals surface area (Å²) in [5.41, 5.74) is 0.572. The van der Waals surface area contributed by atoms with Gasteiger partial charge in [0, 0.05) is 45.0 Å². The summed E-state index contributed by atoms with van der Waals surface area (Å²) in [6, 6.07) is 9.16. The summed E-state index contributed by atoms with van der Waals surface area (Å²) in [6.45, 7) is 1.30. The van der Waals surface area contributed by atoms with Crippen molar-refractivity contribution in [3.8, 4) is 5.19 Å². The lowest BCUT2D eigenvalue weighted by Crippen LogP contribution is -2.42. The molecular formula is C23H20F2N4O3S. The number of ether oxygens (including phenoxy) is 1. The monoisotopic (exact) mass is 470 g/mol. The summed E-state index contributed by atoms with van der Waals surface area (Å²) in [6.07, 6.45) is 2.74. The second kappa shape index (κ2) is 8.86. The third kappa shape index (κ3) is 4.43. The molecule has 5 rings (SSSR count).